The van der Waals surface area contributed by atoms with Gasteiger partial charge in [0.25, 0.3) is 0 Å². The van der Waals surface area contributed by atoms with Crippen LogP contribution in [0.3, 0.4) is 0 Å². The Labute approximate surface area is 137 Å². The Hall–Kier alpha value is -2.24. The molecule has 1 aromatic rings. The van der Waals surface area contributed by atoms with Gasteiger partial charge < -0.3 is 19.5 Å². The standard InChI is InChI=1S/C17H25NO5/c1-13-5-7-14(8-6-13)21-11-12-22-15(19)9-10-18-16(20)23-17(2,3)4/h5-8H,9-12H2,1-4H3,(H,18,20). The van der Waals surface area contributed by atoms with Crippen molar-refractivity contribution in [2.75, 3.05) is 19.8 Å². The van der Waals surface area contributed by atoms with Crippen LogP contribution in [0.1, 0.15) is 32.8 Å². The molecule has 0 unspecified atom stereocenters. The highest BCUT2D eigenvalue weighted by molar-refractivity contribution is 5.71. The van der Waals surface area contributed by atoms with Crippen LogP contribution in [0.5, 0.6) is 5.75 Å². The first-order chi connectivity index (χ1) is 10.8. The van der Waals surface area contributed by atoms with Crippen LogP contribution in [0.2, 0.25) is 0 Å². The predicted molar refractivity (Wildman–Crippen MR) is 86.5 cm³/mol. The average molecular weight is 323 g/mol. The second-order valence-electron chi connectivity index (χ2n) is 6.06. The van der Waals surface area contributed by atoms with Crippen molar-refractivity contribution in [2.24, 2.45) is 0 Å². The van der Waals surface area contributed by atoms with E-state index in [0.29, 0.717) is 0 Å². The van der Waals surface area contributed by atoms with E-state index in [1.165, 1.54) is 0 Å². The summed E-state index contributed by atoms with van der Waals surface area (Å²) >= 11 is 0. The molecule has 1 aromatic carbocycles. The molecule has 0 aliphatic heterocycles. The Morgan fingerprint density at radius 3 is 2.35 bits per heavy atom. The fraction of sp³-hybridized carbons (Fsp3) is 0.529. The van der Waals surface area contributed by atoms with E-state index in [1.54, 1.807) is 20.8 Å². The third-order valence-electron chi connectivity index (χ3n) is 2.63. The highest BCUT2D eigenvalue weighted by atomic mass is 16.6. The zero-order valence-corrected chi connectivity index (χ0v) is 14.2. The summed E-state index contributed by atoms with van der Waals surface area (Å²) < 4.78 is 15.5. The van der Waals surface area contributed by atoms with Crippen molar-refractivity contribution in [1.29, 1.82) is 0 Å². The highest BCUT2D eigenvalue weighted by Gasteiger charge is 2.15. The van der Waals surface area contributed by atoms with Gasteiger partial charge in [-0.05, 0) is 39.8 Å². The van der Waals surface area contributed by atoms with Crippen molar-refractivity contribution >= 4 is 12.1 Å². The van der Waals surface area contributed by atoms with Crippen LogP contribution in [-0.4, -0.2) is 37.4 Å². The number of carbonyl (C=O) groups excluding carboxylic acids is 2. The van der Waals surface area contributed by atoms with Crippen molar-refractivity contribution in [3.05, 3.63) is 29.8 Å². The lowest BCUT2D eigenvalue weighted by Gasteiger charge is -2.19. The lowest BCUT2D eigenvalue weighted by atomic mass is 10.2. The van der Waals surface area contributed by atoms with Crippen molar-refractivity contribution < 1.29 is 23.8 Å². The van der Waals surface area contributed by atoms with Gasteiger partial charge in [0.2, 0.25) is 0 Å². The van der Waals surface area contributed by atoms with Crippen LogP contribution in [0.4, 0.5) is 4.79 Å². The Bertz CT molecular complexity index is 505. The van der Waals surface area contributed by atoms with Crippen molar-refractivity contribution in [2.45, 2.75) is 39.7 Å². The molecule has 6 nitrogen and oxygen atoms in total. The minimum atomic E-state index is -0.558. The largest absolute Gasteiger partial charge is 0.490 e. The minimum absolute atomic E-state index is 0.0871. The van der Waals surface area contributed by atoms with E-state index in [0.717, 1.165) is 11.3 Å². The van der Waals surface area contributed by atoms with Crippen LogP contribution >= 0.6 is 0 Å². The number of ether oxygens (including phenoxy) is 3. The van der Waals surface area contributed by atoms with E-state index in [9.17, 15) is 9.59 Å². The van der Waals surface area contributed by atoms with Gasteiger partial charge in [-0.25, -0.2) is 4.79 Å². The maximum Gasteiger partial charge on any atom is 0.407 e. The number of alkyl carbamates (subject to hydrolysis) is 1. The first-order valence-electron chi connectivity index (χ1n) is 7.58. The van der Waals surface area contributed by atoms with Gasteiger partial charge in [-0.2, -0.15) is 0 Å². The molecule has 0 aromatic heterocycles. The second kappa shape index (κ2) is 9.02. The summed E-state index contributed by atoms with van der Waals surface area (Å²) in [4.78, 5) is 22.9. The molecular formula is C17H25NO5. The molecular weight excluding hydrogens is 298 g/mol. The van der Waals surface area contributed by atoms with Crippen molar-refractivity contribution in [1.82, 2.24) is 5.32 Å². The third kappa shape index (κ3) is 9.39. The number of benzene rings is 1. The molecule has 0 saturated carbocycles. The number of carbonyl (C=O) groups is 2. The zero-order valence-electron chi connectivity index (χ0n) is 14.2. The van der Waals surface area contributed by atoms with E-state index in [1.807, 2.05) is 31.2 Å². The number of hydrogen-bond donors (Lipinski definition) is 1. The van der Waals surface area contributed by atoms with Crippen LogP contribution in [0, 0.1) is 6.92 Å². The van der Waals surface area contributed by atoms with Gasteiger partial charge in [-0.15, -0.1) is 0 Å². The summed E-state index contributed by atoms with van der Waals surface area (Å²) in [7, 11) is 0. The quantitative estimate of drug-likeness (QED) is 0.617. The molecule has 6 heteroatoms. The maximum absolute atomic E-state index is 11.5. The molecule has 0 radical (unpaired) electrons. The lowest BCUT2D eigenvalue weighted by molar-refractivity contribution is -0.144. The predicted octanol–water partition coefficient (Wildman–Crippen LogP) is 2.83. The van der Waals surface area contributed by atoms with Gasteiger partial charge in [-0.1, -0.05) is 17.7 Å². The number of aryl methyl sites for hydroxylation is 1. The van der Waals surface area contributed by atoms with Crippen LogP contribution in [0.25, 0.3) is 0 Å². The number of amides is 1. The number of nitrogens with one attached hydrogen (secondary N) is 1. The molecule has 1 amide bonds. The van der Waals surface area contributed by atoms with Gasteiger partial charge in [-0.3, -0.25) is 4.79 Å². The summed E-state index contributed by atoms with van der Waals surface area (Å²) in [6.07, 6.45) is -0.461. The molecule has 0 atom stereocenters. The Balaban J connectivity index is 2.08. The SMILES string of the molecule is Cc1ccc(OCCOC(=O)CCNC(=O)OC(C)(C)C)cc1. The highest BCUT2D eigenvalue weighted by Crippen LogP contribution is 2.11. The van der Waals surface area contributed by atoms with Crippen LogP contribution in [0.15, 0.2) is 24.3 Å². The third-order valence-corrected chi connectivity index (χ3v) is 2.63. The van der Waals surface area contributed by atoms with Gasteiger partial charge in [0.15, 0.2) is 0 Å². The normalized spacial score (nSPS) is 10.8. The van der Waals surface area contributed by atoms with Gasteiger partial charge in [0.05, 0.1) is 6.42 Å². The maximum atomic E-state index is 11.5. The molecule has 0 aliphatic carbocycles. The molecule has 0 spiro atoms. The number of hydrogen-bond acceptors (Lipinski definition) is 5. The molecule has 0 heterocycles. The molecule has 0 bridgehead atoms. The van der Waals surface area contributed by atoms with E-state index < -0.39 is 17.7 Å². The zero-order chi connectivity index (χ0) is 17.3. The van der Waals surface area contributed by atoms with Crippen LogP contribution < -0.4 is 10.1 Å². The van der Waals surface area contributed by atoms with E-state index in [4.69, 9.17) is 14.2 Å². The topological polar surface area (TPSA) is 73.9 Å². The monoisotopic (exact) mass is 323 g/mol. The summed E-state index contributed by atoms with van der Waals surface area (Å²) in [6, 6.07) is 7.62. The lowest BCUT2D eigenvalue weighted by Crippen LogP contribution is -2.33. The molecule has 1 N–H and O–H groups in total. The molecule has 0 aliphatic rings. The summed E-state index contributed by atoms with van der Waals surface area (Å²) in [5.41, 5.74) is 0.596. The van der Waals surface area contributed by atoms with E-state index >= 15 is 0 Å². The first kappa shape index (κ1) is 18.8. The van der Waals surface area contributed by atoms with E-state index in [-0.39, 0.29) is 26.2 Å². The van der Waals surface area contributed by atoms with Gasteiger partial charge in [0.1, 0.15) is 24.6 Å². The summed E-state index contributed by atoms with van der Waals surface area (Å²) in [5.74, 6) is 0.340. The van der Waals surface area contributed by atoms with Crippen molar-refractivity contribution in [3.8, 4) is 5.75 Å². The first-order valence-corrected chi connectivity index (χ1v) is 7.58. The van der Waals surface area contributed by atoms with Gasteiger partial charge >= 0.3 is 12.1 Å². The summed E-state index contributed by atoms with van der Waals surface area (Å²) in [5, 5.41) is 2.50. The smallest absolute Gasteiger partial charge is 0.407 e. The average Bonchev–Trinajstić information content (AvgIpc) is 2.43. The Morgan fingerprint density at radius 1 is 1.09 bits per heavy atom. The Kier molecular flexibility index (Phi) is 7.38. The second-order valence-corrected chi connectivity index (χ2v) is 6.06. The molecule has 1 rings (SSSR count). The summed E-state index contributed by atoms with van der Waals surface area (Å²) in [6.45, 7) is 7.94. The molecule has 0 fully saturated rings. The fourth-order valence-electron chi connectivity index (χ4n) is 1.60. The molecule has 23 heavy (non-hydrogen) atoms. The van der Waals surface area contributed by atoms with Crippen LogP contribution in [-0.2, 0) is 14.3 Å². The van der Waals surface area contributed by atoms with Gasteiger partial charge in [0, 0.05) is 6.54 Å². The van der Waals surface area contributed by atoms with Crippen molar-refractivity contribution in [3.63, 3.8) is 0 Å². The number of rotatable bonds is 7. The minimum Gasteiger partial charge on any atom is -0.490 e. The molecule has 0 saturated heterocycles. The number of esters is 1. The molecule has 128 valence electrons. The fourth-order valence-corrected chi connectivity index (χ4v) is 1.60. The van der Waals surface area contributed by atoms with E-state index in [2.05, 4.69) is 5.32 Å². The Morgan fingerprint density at radius 2 is 1.74 bits per heavy atom.